The van der Waals surface area contributed by atoms with Gasteiger partial charge in [0.05, 0.1) is 23.2 Å². The summed E-state index contributed by atoms with van der Waals surface area (Å²) in [6.45, 7) is -0.147. The Morgan fingerprint density at radius 1 is 1.33 bits per heavy atom. The highest BCUT2D eigenvalue weighted by Gasteiger charge is 2.26. The third-order valence-electron chi connectivity index (χ3n) is 5.06. The summed E-state index contributed by atoms with van der Waals surface area (Å²) in [6, 6.07) is 9.30. The van der Waals surface area contributed by atoms with Crippen LogP contribution in [0.4, 0.5) is 5.82 Å². The molecular formula is C22H21ClN3O3S. The molecule has 2 aromatic heterocycles. The van der Waals surface area contributed by atoms with Crippen LogP contribution in [0.25, 0.3) is 0 Å². The van der Waals surface area contributed by atoms with Crippen LogP contribution in [-0.4, -0.2) is 38.1 Å². The Morgan fingerprint density at radius 3 is 2.93 bits per heavy atom. The molecule has 1 aromatic carbocycles. The minimum atomic E-state index is -0.443. The summed E-state index contributed by atoms with van der Waals surface area (Å²) in [5.74, 6) is 0.260. The van der Waals surface area contributed by atoms with Crippen LogP contribution in [-0.2, 0) is 13.0 Å². The van der Waals surface area contributed by atoms with Crippen LogP contribution in [0.15, 0.2) is 42.9 Å². The van der Waals surface area contributed by atoms with Gasteiger partial charge in [-0.1, -0.05) is 23.7 Å². The molecule has 0 spiro atoms. The third kappa shape index (κ3) is 4.70. The molecule has 0 saturated heterocycles. The number of rotatable bonds is 7. The Kier molecular flexibility index (Phi) is 6.43. The van der Waals surface area contributed by atoms with E-state index in [-0.39, 0.29) is 18.4 Å². The second kappa shape index (κ2) is 9.22. The number of halogens is 1. The zero-order valence-electron chi connectivity index (χ0n) is 16.1. The molecule has 8 heteroatoms. The van der Waals surface area contributed by atoms with E-state index in [0.29, 0.717) is 40.5 Å². The van der Waals surface area contributed by atoms with Gasteiger partial charge in [0.15, 0.2) is 0 Å². The zero-order valence-corrected chi connectivity index (χ0v) is 17.7. The number of carbonyl (C=O) groups is 1. The van der Waals surface area contributed by atoms with Gasteiger partial charge in [0.25, 0.3) is 0 Å². The molecular weight excluding hydrogens is 422 g/mol. The predicted molar refractivity (Wildman–Crippen MR) is 117 cm³/mol. The monoisotopic (exact) mass is 442 g/mol. The zero-order chi connectivity index (χ0) is 21.1. The smallest absolute Gasteiger partial charge is 0.208 e. The van der Waals surface area contributed by atoms with Gasteiger partial charge < -0.3 is 15.5 Å². The average Bonchev–Trinajstić information content (AvgIpc) is 3.33. The van der Waals surface area contributed by atoms with Gasteiger partial charge in [0.1, 0.15) is 12.1 Å². The maximum atomic E-state index is 13.2. The van der Waals surface area contributed by atoms with Crippen molar-refractivity contribution in [2.75, 3.05) is 5.32 Å². The molecule has 1 aliphatic rings. The first-order valence-electron chi connectivity index (χ1n) is 9.63. The molecule has 0 bridgehead atoms. The van der Waals surface area contributed by atoms with E-state index in [9.17, 15) is 15.0 Å². The number of nitrogens with one attached hydrogen (secondary N) is 1. The van der Waals surface area contributed by atoms with Crippen molar-refractivity contribution >= 4 is 34.5 Å². The van der Waals surface area contributed by atoms with Crippen LogP contribution in [0.2, 0.25) is 5.02 Å². The van der Waals surface area contributed by atoms with E-state index in [2.05, 4.69) is 15.3 Å². The lowest BCUT2D eigenvalue weighted by Gasteiger charge is -2.14. The lowest BCUT2D eigenvalue weighted by molar-refractivity contribution is 0.104. The molecule has 30 heavy (non-hydrogen) atoms. The number of ketones is 1. The van der Waals surface area contributed by atoms with E-state index in [1.165, 1.54) is 23.9 Å². The molecule has 4 rings (SSSR count). The van der Waals surface area contributed by atoms with Crippen molar-refractivity contribution in [2.24, 2.45) is 0 Å². The molecule has 0 aliphatic heterocycles. The molecule has 3 N–H and O–H groups in total. The van der Waals surface area contributed by atoms with Gasteiger partial charge in [0, 0.05) is 28.6 Å². The van der Waals surface area contributed by atoms with E-state index in [4.69, 9.17) is 11.6 Å². The fourth-order valence-electron chi connectivity index (χ4n) is 3.55. The van der Waals surface area contributed by atoms with Crippen molar-refractivity contribution in [3.8, 4) is 0 Å². The molecule has 3 aromatic rings. The third-order valence-corrected chi connectivity index (χ3v) is 6.47. The number of anilines is 1. The van der Waals surface area contributed by atoms with Gasteiger partial charge in [-0.25, -0.2) is 9.97 Å². The van der Waals surface area contributed by atoms with E-state index in [1.807, 2.05) is 30.7 Å². The Bertz CT molecular complexity index is 1060. The van der Waals surface area contributed by atoms with Crippen molar-refractivity contribution in [2.45, 2.75) is 38.0 Å². The van der Waals surface area contributed by atoms with Crippen LogP contribution in [0.3, 0.4) is 0 Å². The van der Waals surface area contributed by atoms with Crippen molar-refractivity contribution in [1.82, 2.24) is 9.97 Å². The Balaban J connectivity index is 1.59. The summed E-state index contributed by atoms with van der Waals surface area (Å²) < 4.78 is 0. The lowest BCUT2D eigenvalue weighted by atomic mass is 10.1. The fraction of sp³-hybridized carbons (Fsp3) is 0.273. The number of aliphatic hydroxyl groups is 2. The minimum absolute atomic E-state index is 0.0242. The van der Waals surface area contributed by atoms with Crippen molar-refractivity contribution in [1.29, 1.82) is 0 Å². The number of benzene rings is 1. The van der Waals surface area contributed by atoms with Crippen LogP contribution in [0.1, 0.15) is 44.1 Å². The van der Waals surface area contributed by atoms with Gasteiger partial charge in [-0.2, -0.15) is 0 Å². The van der Waals surface area contributed by atoms with Crippen LogP contribution in [0.5, 0.6) is 0 Å². The Labute approximate surface area is 183 Å². The van der Waals surface area contributed by atoms with Crippen molar-refractivity contribution in [3.05, 3.63) is 80.7 Å². The van der Waals surface area contributed by atoms with Gasteiger partial charge in [-0.15, -0.1) is 11.3 Å². The first-order chi connectivity index (χ1) is 14.5. The van der Waals surface area contributed by atoms with Crippen molar-refractivity contribution in [3.63, 3.8) is 0 Å². The molecule has 2 heterocycles. The molecule has 1 fully saturated rings. The first-order valence-corrected chi connectivity index (χ1v) is 10.8. The Morgan fingerprint density at radius 2 is 2.20 bits per heavy atom. The number of aromatic nitrogens is 2. The maximum absolute atomic E-state index is 13.2. The van der Waals surface area contributed by atoms with E-state index < -0.39 is 6.10 Å². The molecule has 2 atom stereocenters. The van der Waals surface area contributed by atoms with Gasteiger partial charge in [-0.3, -0.25) is 4.79 Å². The molecule has 1 aliphatic carbocycles. The van der Waals surface area contributed by atoms with E-state index in [1.54, 1.807) is 6.07 Å². The molecule has 0 unspecified atom stereocenters. The van der Waals surface area contributed by atoms with Crippen LogP contribution in [0, 0.1) is 6.42 Å². The van der Waals surface area contributed by atoms with Gasteiger partial charge >= 0.3 is 0 Å². The first kappa shape index (κ1) is 20.9. The average molecular weight is 443 g/mol. The van der Waals surface area contributed by atoms with E-state index in [0.717, 1.165) is 16.0 Å². The summed E-state index contributed by atoms with van der Waals surface area (Å²) >= 11 is 7.44. The fourth-order valence-corrected chi connectivity index (χ4v) is 4.93. The number of carbonyl (C=O) groups excluding carboxylic acids is 1. The molecule has 1 radical (unpaired) electrons. The normalized spacial score (nSPS) is 18.5. The highest BCUT2D eigenvalue weighted by Crippen LogP contribution is 2.30. The SMILES string of the molecule is O=C(c1cc(CO)c(Cc2cccc(Cl)c2)s1)c1cncnc1N[C@@H]1C[CH][C@H](O)C1. The van der Waals surface area contributed by atoms with Crippen LogP contribution < -0.4 is 5.32 Å². The standard InChI is InChI=1S/C22H21ClN3O3S/c23-15-3-1-2-13(6-15)7-19-14(11-27)8-20(30-19)21(29)18-10-24-12-25-22(18)26-16-4-5-17(28)9-16/h1-3,5-6,8,10,12,16-17,27-28H,4,7,9,11H2,(H,24,25,26)/t16-,17+/m1/s1. The van der Waals surface area contributed by atoms with E-state index >= 15 is 0 Å². The quantitative estimate of drug-likeness (QED) is 0.483. The molecule has 6 nitrogen and oxygen atoms in total. The van der Waals surface area contributed by atoms with Gasteiger partial charge in [-0.05, 0) is 48.6 Å². The number of hydrogen-bond acceptors (Lipinski definition) is 7. The topological polar surface area (TPSA) is 95.3 Å². The van der Waals surface area contributed by atoms with Crippen LogP contribution >= 0.6 is 22.9 Å². The number of hydrogen-bond donors (Lipinski definition) is 3. The highest BCUT2D eigenvalue weighted by atomic mass is 35.5. The molecule has 155 valence electrons. The minimum Gasteiger partial charge on any atom is -0.393 e. The summed E-state index contributed by atoms with van der Waals surface area (Å²) in [7, 11) is 0. The second-order valence-electron chi connectivity index (χ2n) is 7.25. The molecule has 0 amide bonds. The second-order valence-corrected chi connectivity index (χ2v) is 8.83. The lowest BCUT2D eigenvalue weighted by Crippen LogP contribution is -2.20. The highest BCUT2D eigenvalue weighted by molar-refractivity contribution is 7.14. The summed E-state index contributed by atoms with van der Waals surface area (Å²) in [6.07, 6.45) is 6.16. The maximum Gasteiger partial charge on any atom is 0.208 e. The van der Waals surface area contributed by atoms with Crippen molar-refractivity contribution < 1.29 is 15.0 Å². The molecule has 1 saturated carbocycles. The predicted octanol–water partition coefficient (Wildman–Crippen LogP) is 3.65. The Hall–Kier alpha value is -2.32. The summed E-state index contributed by atoms with van der Waals surface area (Å²) in [5, 5.41) is 23.4. The largest absolute Gasteiger partial charge is 0.393 e. The van der Waals surface area contributed by atoms with Gasteiger partial charge in [0.2, 0.25) is 5.78 Å². The number of thiophene rings is 1. The summed E-state index contributed by atoms with van der Waals surface area (Å²) in [4.78, 5) is 22.9. The number of aliphatic hydroxyl groups excluding tert-OH is 2. The summed E-state index contributed by atoms with van der Waals surface area (Å²) in [5.41, 5.74) is 2.11. The number of nitrogens with zero attached hydrogens (tertiary/aromatic N) is 2.